The summed E-state index contributed by atoms with van der Waals surface area (Å²) in [6, 6.07) is 44.4. The molecule has 0 N–H and O–H groups in total. The average molecular weight is 681 g/mol. The van der Waals surface area contributed by atoms with E-state index in [4.69, 9.17) is 9.97 Å². The molecule has 0 radical (unpaired) electrons. The van der Waals surface area contributed by atoms with Crippen LogP contribution in [0, 0.1) is 13.8 Å². The zero-order valence-electron chi connectivity index (χ0n) is 28.1. The van der Waals surface area contributed by atoms with Crippen molar-refractivity contribution in [1.82, 2.24) is 27.9 Å². The fraction of sp³-hybridized carbons (Fsp3) is 0.0952. The summed E-state index contributed by atoms with van der Waals surface area (Å²) < 4.78 is 9.34. The summed E-state index contributed by atoms with van der Waals surface area (Å²) in [4.78, 5) is 13.2. The maximum absolute atomic E-state index is 5.24. The van der Waals surface area contributed by atoms with Gasteiger partial charge < -0.3 is 0 Å². The molecule has 4 aromatic heterocycles. The van der Waals surface area contributed by atoms with Gasteiger partial charge in [0.05, 0.1) is 44.1 Å². The maximum Gasteiger partial charge on any atom is 0.220 e. The van der Waals surface area contributed by atoms with E-state index < -0.39 is 8.07 Å². The van der Waals surface area contributed by atoms with E-state index in [1.165, 1.54) is 42.3 Å². The molecule has 6 aromatic carbocycles. The van der Waals surface area contributed by atoms with Crippen molar-refractivity contribution >= 4 is 85.9 Å². The summed E-state index contributed by atoms with van der Waals surface area (Å²) in [5.74, 6) is 1.90. The molecule has 0 unspecified atom stereocenters. The molecule has 1 aliphatic rings. The summed E-state index contributed by atoms with van der Waals surface area (Å²) in [7, 11) is -2.17. The fourth-order valence-electron chi connectivity index (χ4n) is 8.37. The number of hydrogen-bond acceptors (Lipinski definition) is 3. The molecule has 240 valence electrons. The Morgan fingerprint density at radius 3 is 1.36 bits per heavy atom. The third-order valence-corrected chi connectivity index (χ3v) is 15.9. The lowest BCUT2D eigenvalue weighted by Gasteiger charge is -2.33. The first-order valence-electron chi connectivity index (χ1n) is 17.1. The fourth-order valence-corrected chi connectivity index (χ4v) is 13.8. The summed E-state index contributed by atoms with van der Waals surface area (Å²) in [6.45, 7) is 9.30. The highest BCUT2D eigenvalue weighted by Crippen LogP contribution is 2.37. The van der Waals surface area contributed by atoms with Gasteiger partial charge in [-0.15, -0.1) is 0 Å². The summed E-state index contributed by atoms with van der Waals surface area (Å²) in [6.07, 6.45) is 0. The molecule has 10 aromatic rings. The normalized spacial score (nSPS) is 14.1. The van der Waals surface area contributed by atoms with E-state index in [-0.39, 0.29) is 0 Å². The van der Waals surface area contributed by atoms with Crippen LogP contribution in [0.2, 0.25) is 13.1 Å². The van der Waals surface area contributed by atoms with Gasteiger partial charge in [-0.05, 0) is 108 Å². The molecule has 6 nitrogen and oxygen atoms in total. The summed E-state index contributed by atoms with van der Waals surface area (Å²) >= 11 is 1.90. The van der Waals surface area contributed by atoms with Gasteiger partial charge in [0.25, 0.3) is 0 Å². The number of nitrogens with zero attached hydrogens (tertiary/aromatic N) is 6. The monoisotopic (exact) mass is 680 g/mol. The van der Waals surface area contributed by atoms with Gasteiger partial charge in [-0.2, -0.15) is 0 Å². The second-order valence-electron chi connectivity index (χ2n) is 14.1. The molecular formula is C42H32N6SSi. The highest BCUT2D eigenvalue weighted by Gasteiger charge is 2.36. The van der Waals surface area contributed by atoms with Crippen molar-refractivity contribution in [2.75, 3.05) is 0 Å². The van der Waals surface area contributed by atoms with Gasteiger partial charge in [-0.25, -0.2) is 9.97 Å². The molecular weight excluding hydrogens is 649 g/mol. The van der Waals surface area contributed by atoms with Crippen LogP contribution in [0.3, 0.4) is 0 Å². The average Bonchev–Trinajstić information content (AvgIpc) is 3.86. The van der Waals surface area contributed by atoms with Crippen LogP contribution in [-0.2, 0) is 0 Å². The Morgan fingerprint density at radius 2 is 0.900 bits per heavy atom. The lowest BCUT2D eigenvalue weighted by molar-refractivity contribution is 1.10. The van der Waals surface area contributed by atoms with Crippen LogP contribution in [0.5, 0.6) is 0 Å². The highest BCUT2D eigenvalue weighted by molar-refractivity contribution is 8.00. The van der Waals surface area contributed by atoms with Crippen molar-refractivity contribution in [3.63, 3.8) is 0 Å². The van der Waals surface area contributed by atoms with Crippen LogP contribution < -0.4 is 10.4 Å². The van der Waals surface area contributed by atoms with Crippen LogP contribution in [0.1, 0.15) is 11.1 Å². The Balaban J connectivity index is 1.11. The second kappa shape index (κ2) is 9.77. The van der Waals surface area contributed by atoms with Gasteiger partial charge >= 0.3 is 0 Å². The first kappa shape index (κ1) is 28.3. The van der Waals surface area contributed by atoms with Crippen molar-refractivity contribution < 1.29 is 0 Å². The van der Waals surface area contributed by atoms with E-state index in [2.05, 4.69) is 166 Å². The topological polar surface area (TPSA) is 44.5 Å². The van der Waals surface area contributed by atoms with Crippen molar-refractivity contribution in [2.24, 2.45) is 0 Å². The predicted octanol–water partition coefficient (Wildman–Crippen LogP) is 9.08. The van der Waals surface area contributed by atoms with E-state index in [1.807, 2.05) is 11.8 Å². The number of para-hydroxylation sites is 6. The van der Waals surface area contributed by atoms with E-state index in [0.717, 1.165) is 56.0 Å². The molecule has 0 aliphatic carbocycles. The SMILES string of the molecule is Cc1cccc2c1nc1n(-c3ccc4c(c3)[Si](C)(C)c3cc(-n5c6ccccc6n6c7cccc(C)c7nc56)ccc3S4)c3ccccc3n21. The maximum atomic E-state index is 5.24. The second-order valence-corrected chi connectivity index (χ2v) is 19.5. The van der Waals surface area contributed by atoms with Crippen molar-refractivity contribution in [3.05, 3.63) is 132 Å². The molecule has 50 heavy (non-hydrogen) atoms. The Morgan fingerprint density at radius 1 is 0.480 bits per heavy atom. The number of hydrogen-bond donors (Lipinski definition) is 0. The largest absolute Gasteiger partial charge is 0.278 e. The summed E-state index contributed by atoms with van der Waals surface area (Å²) in [5, 5.41) is 2.91. The molecule has 8 heteroatoms. The summed E-state index contributed by atoms with van der Waals surface area (Å²) in [5.41, 5.74) is 13.7. The molecule has 0 saturated carbocycles. The Bertz CT molecular complexity index is 2880. The molecule has 0 bridgehead atoms. The highest BCUT2D eigenvalue weighted by atomic mass is 32.2. The molecule has 1 aliphatic heterocycles. The van der Waals surface area contributed by atoms with Crippen LogP contribution in [-0.4, -0.2) is 36.0 Å². The van der Waals surface area contributed by atoms with Crippen molar-refractivity contribution in [3.8, 4) is 11.4 Å². The minimum atomic E-state index is -2.17. The molecule has 0 spiro atoms. The van der Waals surface area contributed by atoms with E-state index in [9.17, 15) is 0 Å². The standard InChI is InChI=1S/C42H32N6SSi/c1-25-11-9-17-33-39(25)43-41-45(29-13-5-7-15-31(29)47(33)41)27-19-21-35-37(23-27)50(3,4)38-24-28(20-22-36(38)49-35)46-30-14-6-8-16-32(30)48-34-18-10-12-26(2)40(34)44-42(46)48/h5-24H,1-4H3. The molecule has 0 saturated heterocycles. The lowest BCUT2D eigenvalue weighted by atomic mass is 10.2. The molecule has 0 fully saturated rings. The number of imidazole rings is 4. The zero-order chi connectivity index (χ0) is 33.5. The van der Waals surface area contributed by atoms with Gasteiger partial charge in [-0.3, -0.25) is 17.9 Å². The number of rotatable bonds is 2. The van der Waals surface area contributed by atoms with Gasteiger partial charge in [-0.1, -0.05) is 73.4 Å². The van der Waals surface area contributed by atoms with Crippen LogP contribution in [0.4, 0.5) is 0 Å². The Labute approximate surface area is 293 Å². The lowest BCUT2D eigenvalue weighted by Crippen LogP contribution is -2.56. The van der Waals surface area contributed by atoms with E-state index in [1.54, 1.807) is 0 Å². The quantitative estimate of drug-likeness (QED) is 0.171. The first-order chi connectivity index (χ1) is 24.4. The third-order valence-electron chi connectivity index (χ3n) is 10.9. The van der Waals surface area contributed by atoms with Gasteiger partial charge in [0.2, 0.25) is 11.6 Å². The van der Waals surface area contributed by atoms with Crippen molar-refractivity contribution in [2.45, 2.75) is 36.7 Å². The van der Waals surface area contributed by atoms with Gasteiger partial charge in [0.15, 0.2) is 0 Å². The minimum Gasteiger partial charge on any atom is -0.278 e. The van der Waals surface area contributed by atoms with E-state index in [0.29, 0.717) is 0 Å². The van der Waals surface area contributed by atoms with E-state index >= 15 is 0 Å². The Kier molecular flexibility index (Phi) is 5.53. The zero-order valence-corrected chi connectivity index (χ0v) is 30.0. The molecule has 5 heterocycles. The van der Waals surface area contributed by atoms with Crippen molar-refractivity contribution in [1.29, 1.82) is 0 Å². The minimum absolute atomic E-state index is 0.951. The molecule has 0 amide bonds. The van der Waals surface area contributed by atoms with Crippen LogP contribution in [0.15, 0.2) is 131 Å². The van der Waals surface area contributed by atoms with Gasteiger partial charge in [0.1, 0.15) is 8.07 Å². The molecule has 11 rings (SSSR count). The van der Waals surface area contributed by atoms with Crippen LogP contribution >= 0.6 is 11.8 Å². The van der Waals surface area contributed by atoms with Crippen LogP contribution in [0.25, 0.3) is 67.1 Å². The smallest absolute Gasteiger partial charge is 0.220 e. The number of benzene rings is 6. The number of aromatic nitrogens is 6. The third kappa shape index (κ3) is 3.59. The Hall–Kier alpha value is -5.57. The number of aryl methyl sites for hydroxylation is 2. The predicted molar refractivity (Wildman–Crippen MR) is 209 cm³/mol. The first-order valence-corrected chi connectivity index (χ1v) is 20.9. The number of fused-ring (bicyclic) bond motifs is 12. The van der Waals surface area contributed by atoms with Gasteiger partial charge in [0, 0.05) is 21.2 Å². The molecule has 0 atom stereocenters.